The molecule has 22 heavy (non-hydrogen) atoms. The van der Waals surface area contributed by atoms with Gasteiger partial charge in [-0.3, -0.25) is 4.79 Å². The average molecular weight is 293 g/mol. The van der Waals surface area contributed by atoms with Gasteiger partial charge in [0.05, 0.1) is 12.7 Å². The van der Waals surface area contributed by atoms with Crippen molar-refractivity contribution < 1.29 is 0 Å². The summed E-state index contributed by atoms with van der Waals surface area (Å²) >= 11 is 0. The summed E-state index contributed by atoms with van der Waals surface area (Å²) in [4.78, 5) is 13.9. The molecule has 0 spiro atoms. The predicted octanol–water partition coefficient (Wildman–Crippen LogP) is 1.32. The first-order valence-electron chi connectivity index (χ1n) is 7.29. The van der Waals surface area contributed by atoms with Crippen LogP contribution >= 0.6 is 0 Å². The molecule has 0 radical (unpaired) electrons. The second-order valence-electron chi connectivity index (χ2n) is 5.57. The summed E-state index contributed by atoms with van der Waals surface area (Å²) in [5.41, 5.74) is -0.0501. The highest BCUT2D eigenvalue weighted by Gasteiger charge is 2.29. The zero-order valence-electron chi connectivity index (χ0n) is 12.0. The van der Waals surface area contributed by atoms with Crippen molar-refractivity contribution in [1.29, 1.82) is 0 Å². The van der Waals surface area contributed by atoms with Crippen molar-refractivity contribution in [3.63, 3.8) is 0 Å². The Balaban J connectivity index is 1.51. The normalized spacial score (nSPS) is 15.0. The average Bonchev–Trinajstić information content (AvgIpc) is 2.52. The fourth-order valence-electron chi connectivity index (χ4n) is 2.87. The summed E-state index contributed by atoms with van der Waals surface area (Å²) in [5, 5.41) is 14.7. The highest BCUT2D eigenvalue weighted by molar-refractivity contribution is 5.91. The van der Waals surface area contributed by atoms with E-state index >= 15 is 0 Å². The van der Waals surface area contributed by atoms with Crippen molar-refractivity contribution in [2.24, 2.45) is 5.92 Å². The second kappa shape index (κ2) is 5.22. The molecule has 110 valence electrons. The molecule has 0 bridgehead atoms. The van der Waals surface area contributed by atoms with E-state index in [4.69, 9.17) is 0 Å². The third-order valence-corrected chi connectivity index (χ3v) is 4.02. The van der Waals surface area contributed by atoms with E-state index in [0.717, 1.165) is 29.7 Å². The molecule has 1 aromatic carbocycles. The zero-order valence-corrected chi connectivity index (χ0v) is 12.0. The molecule has 4 rings (SSSR count). The van der Waals surface area contributed by atoms with E-state index in [1.807, 2.05) is 18.2 Å². The summed E-state index contributed by atoms with van der Waals surface area (Å²) in [6.45, 7) is 2.38. The molecule has 6 nitrogen and oxygen atoms in total. The minimum Gasteiger partial charge on any atom is -0.354 e. The number of nitrogens with zero attached hydrogens (tertiary/aromatic N) is 5. The highest BCUT2D eigenvalue weighted by atomic mass is 16.1. The van der Waals surface area contributed by atoms with Crippen LogP contribution in [-0.4, -0.2) is 33.1 Å². The van der Waals surface area contributed by atoms with Gasteiger partial charge in [0.15, 0.2) is 5.82 Å². The number of fused-ring (bicyclic) bond motifs is 1. The van der Waals surface area contributed by atoms with Crippen LogP contribution in [0.2, 0.25) is 0 Å². The van der Waals surface area contributed by atoms with Crippen LogP contribution in [-0.2, 0) is 6.54 Å². The zero-order chi connectivity index (χ0) is 14.9. The number of anilines is 1. The summed E-state index contributed by atoms with van der Waals surface area (Å²) in [7, 11) is 0. The fourth-order valence-corrected chi connectivity index (χ4v) is 2.87. The molecule has 1 aliphatic rings. The lowest BCUT2D eigenvalue weighted by Crippen LogP contribution is -2.50. The largest absolute Gasteiger partial charge is 0.354 e. The Morgan fingerprint density at radius 1 is 1.14 bits per heavy atom. The van der Waals surface area contributed by atoms with E-state index in [1.165, 1.54) is 4.68 Å². The monoisotopic (exact) mass is 293 g/mol. The van der Waals surface area contributed by atoms with Crippen molar-refractivity contribution in [1.82, 2.24) is 20.0 Å². The van der Waals surface area contributed by atoms with E-state index in [9.17, 15) is 4.79 Å². The van der Waals surface area contributed by atoms with E-state index in [0.29, 0.717) is 12.5 Å². The number of aromatic nitrogens is 4. The quantitative estimate of drug-likeness (QED) is 0.729. The molecule has 0 saturated carbocycles. The molecule has 3 heterocycles. The van der Waals surface area contributed by atoms with Gasteiger partial charge in [0.2, 0.25) is 0 Å². The number of hydrogen-bond acceptors (Lipinski definition) is 5. The van der Waals surface area contributed by atoms with Crippen LogP contribution in [0.25, 0.3) is 10.8 Å². The topological polar surface area (TPSA) is 63.9 Å². The molecule has 1 fully saturated rings. The minimum absolute atomic E-state index is 0.0501. The second-order valence-corrected chi connectivity index (χ2v) is 5.57. The third kappa shape index (κ3) is 2.22. The van der Waals surface area contributed by atoms with E-state index in [1.54, 1.807) is 24.5 Å². The lowest BCUT2D eigenvalue weighted by atomic mass is 9.99. The van der Waals surface area contributed by atoms with Gasteiger partial charge in [-0.1, -0.05) is 24.3 Å². The van der Waals surface area contributed by atoms with Crippen molar-refractivity contribution in [3.05, 3.63) is 59.1 Å². The van der Waals surface area contributed by atoms with Crippen LogP contribution in [0.4, 0.5) is 5.82 Å². The van der Waals surface area contributed by atoms with Crippen LogP contribution in [0.3, 0.4) is 0 Å². The maximum atomic E-state index is 11.7. The number of benzene rings is 1. The third-order valence-electron chi connectivity index (χ3n) is 4.02. The van der Waals surface area contributed by atoms with Crippen molar-refractivity contribution in [2.75, 3.05) is 18.0 Å². The van der Waals surface area contributed by atoms with Crippen LogP contribution in [0.15, 0.2) is 53.6 Å². The maximum Gasteiger partial charge on any atom is 0.266 e. The van der Waals surface area contributed by atoms with E-state index in [-0.39, 0.29) is 5.56 Å². The molecular formula is C16H15N5O. The summed E-state index contributed by atoms with van der Waals surface area (Å²) in [6, 6.07) is 11.3. The first-order valence-corrected chi connectivity index (χ1v) is 7.29. The molecule has 3 aromatic rings. The first-order chi connectivity index (χ1) is 10.8. The van der Waals surface area contributed by atoms with E-state index < -0.39 is 0 Å². The molecule has 0 aliphatic carbocycles. The van der Waals surface area contributed by atoms with E-state index in [2.05, 4.69) is 26.3 Å². The number of hydrogen-bond donors (Lipinski definition) is 0. The smallest absolute Gasteiger partial charge is 0.266 e. The van der Waals surface area contributed by atoms with Gasteiger partial charge < -0.3 is 4.90 Å². The van der Waals surface area contributed by atoms with Crippen molar-refractivity contribution >= 4 is 16.6 Å². The molecule has 0 N–H and O–H groups in total. The summed E-state index contributed by atoms with van der Waals surface area (Å²) < 4.78 is 1.52. The molecule has 0 atom stereocenters. The Morgan fingerprint density at radius 3 is 2.86 bits per heavy atom. The van der Waals surface area contributed by atoms with Crippen molar-refractivity contribution in [2.45, 2.75) is 6.54 Å². The van der Waals surface area contributed by atoms with Crippen molar-refractivity contribution in [3.8, 4) is 0 Å². The Hall–Kier alpha value is -2.76. The van der Waals surface area contributed by atoms with Gasteiger partial charge in [0.1, 0.15) is 0 Å². The molecule has 2 aromatic heterocycles. The fraction of sp³-hybridized carbons (Fsp3) is 0.250. The summed E-state index contributed by atoms with van der Waals surface area (Å²) in [5.74, 6) is 1.33. The van der Waals surface area contributed by atoms with Crippen LogP contribution in [0.5, 0.6) is 0 Å². The van der Waals surface area contributed by atoms with Gasteiger partial charge in [-0.15, -0.1) is 5.10 Å². The molecule has 1 saturated heterocycles. The lowest BCUT2D eigenvalue weighted by molar-refractivity contribution is 0.333. The van der Waals surface area contributed by atoms with Crippen LogP contribution < -0.4 is 10.5 Å². The number of rotatable bonds is 3. The highest BCUT2D eigenvalue weighted by Crippen LogP contribution is 2.29. The Morgan fingerprint density at radius 2 is 2.00 bits per heavy atom. The van der Waals surface area contributed by atoms with Crippen LogP contribution in [0, 0.1) is 5.92 Å². The lowest BCUT2D eigenvalue weighted by Gasteiger charge is -2.40. The molecule has 0 unspecified atom stereocenters. The Labute approximate surface area is 127 Å². The van der Waals surface area contributed by atoms with Gasteiger partial charge >= 0.3 is 0 Å². The van der Waals surface area contributed by atoms with Gasteiger partial charge in [0, 0.05) is 42.0 Å². The standard InChI is InChI=1S/C16H15N5O/c22-15-6-3-7-18-21(15)11-12-9-20(10-12)16-14-5-2-1-4-13(14)8-17-19-16/h1-8,12H,9-11H2. The first kappa shape index (κ1) is 12.9. The van der Waals surface area contributed by atoms with Crippen LogP contribution in [0.1, 0.15) is 0 Å². The predicted molar refractivity (Wildman–Crippen MR) is 83.7 cm³/mol. The minimum atomic E-state index is -0.0501. The SMILES string of the molecule is O=c1cccnn1CC1CN(c2nncc3ccccc23)C1. The Kier molecular flexibility index (Phi) is 3.07. The molecule has 1 aliphatic heterocycles. The molecule has 6 heteroatoms. The Bertz CT molecular complexity index is 864. The maximum absolute atomic E-state index is 11.7. The van der Waals surface area contributed by atoms with Gasteiger partial charge in [-0.25, -0.2) is 4.68 Å². The van der Waals surface area contributed by atoms with Gasteiger partial charge in [0.25, 0.3) is 5.56 Å². The van der Waals surface area contributed by atoms with Gasteiger partial charge in [-0.05, 0) is 6.07 Å². The summed E-state index contributed by atoms with van der Waals surface area (Å²) in [6.07, 6.45) is 3.43. The van der Waals surface area contributed by atoms with Gasteiger partial charge in [-0.2, -0.15) is 10.2 Å². The molecule has 0 amide bonds. The molecular weight excluding hydrogens is 278 g/mol.